The fraction of sp³-hybridized carbons (Fsp3) is 0.375. The molecule has 1 aromatic rings. The Hall–Kier alpha value is -2.70. The highest BCUT2D eigenvalue weighted by Crippen LogP contribution is 2.22. The van der Waals surface area contributed by atoms with Gasteiger partial charge in [0.25, 0.3) is 11.8 Å². The molecular weight excluding hydrogens is 298 g/mol. The molecule has 1 aliphatic rings. The molecule has 1 N–H and O–H groups in total. The molecule has 0 fully saturated rings. The number of nitrogens with one attached hydrogen (secondary N) is 1. The molecule has 0 unspecified atom stereocenters. The zero-order valence-electron chi connectivity index (χ0n) is 13.3. The van der Waals surface area contributed by atoms with E-state index in [1.807, 2.05) is 13.8 Å². The lowest BCUT2D eigenvalue weighted by molar-refractivity contribution is -0.135. The Morgan fingerprint density at radius 2 is 1.65 bits per heavy atom. The number of fused-ring (bicyclic) bond motifs is 1. The van der Waals surface area contributed by atoms with Gasteiger partial charge >= 0.3 is 0 Å². The van der Waals surface area contributed by atoms with Crippen molar-refractivity contribution >= 4 is 23.6 Å². The van der Waals surface area contributed by atoms with Gasteiger partial charge in [-0.25, -0.2) is 0 Å². The molecule has 7 nitrogen and oxygen atoms in total. The van der Waals surface area contributed by atoms with Gasteiger partial charge in [0.15, 0.2) is 0 Å². The first-order valence-corrected chi connectivity index (χ1v) is 7.29. The normalized spacial score (nSPS) is 13.3. The third-order valence-electron chi connectivity index (χ3n) is 3.43. The molecule has 0 radical (unpaired) electrons. The second kappa shape index (κ2) is 6.60. The molecule has 0 aromatic heterocycles. The molecule has 1 heterocycles. The van der Waals surface area contributed by atoms with Crippen molar-refractivity contribution in [2.45, 2.75) is 19.9 Å². The molecule has 122 valence electrons. The number of likely N-dealkylation sites (N-methyl/N-ethyl adjacent to an activating group) is 1. The highest BCUT2D eigenvalue weighted by Gasteiger charge is 2.36. The first-order valence-electron chi connectivity index (χ1n) is 7.29. The number of hydrogen-bond acceptors (Lipinski definition) is 4. The quantitative estimate of drug-likeness (QED) is 0.790. The van der Waals surface area contributed by atoms with E-state index in [0.717, 1.165) is 4.90 Å². The number of carbonyl (C=O) groups is 4. The highest BCUT2D eigenvalue weighted by molar-refractivity contribution is 6.22. The summed E-state index contributed by atoms with van der Waals surface area (Å²) in [6, 6.07) is 6.41. The average molecular weight is 317 g/mol. The number of nitrogens with zero attached hydrogens (tertiary/aromatic N) is 2. The van der Waals surface area contributed by atoms with Crippen LogP contribution in [-0.4, -0.2) is 59.6 Å². The first kappa shape index (κ1) is 16.7. The maximum Gasteiger partial charge on any atom is 0.262 e. The summed E-state index contributed by atoms with van der Waals surface area (Å²) in [6.07, 6.45) is 0. The Balaban J connectivity index is 2.00. The maximum absolute atomic E-state index is 12.2. The third-order valence-corrected chi connectivity index (χ3v) is 3.43. The topological polar surface area (TPSA) is 86.8 Å². The summed E-state index contributed by atoms with van der Waals surface area (Å²) in [5.41, 5.74) is 0.594. The number of carbonyl (C=O) groups excluding carboxylic acids is 4. The van der Waals surface area contributed by atoms with Crippen LogP contribution in [0.4, 0.5) is 0 Å². The summed E-state index contributed by atoms with van der Waals surface area (Å²) in [5, 5.41) is 2.67. The van der Waals surface area contributed by atoms with Gasteiger partial charge in [-0.05, 0) is 26.0 Å². The minimum atomic E-state index is -0.487. The largest absolute Gasteiger partial charge is 0.352 e. The van der Waals surface area contributed by atoms with Crippen LogP contribution in [0.1, 0.15) is 34.6 Å². The molecule has 0 atom stereocenters. The molecule has 1 aliphatic heterocycles. The summed E-state index contributed by atoms with van der Waals surface area (Å²) < 4.78 is 0. The standard InChI is InChI=1S/C16H19N3O4/c1-10(2)17-13(20)8-18(3)14(21)9-19-15(22)11-6-4-5-7-12(11)16(19)23/h4-7,10H,8-9H2,1-3H3,(H,17,20). The fourth-order valence-electron chi connectivity index (χ4n) is 2.31. The van der Waals surface area contributed by atoms with Gasteiger partial charge in [0.2, 0.25) is 11.8 Å². The lowest BCUT2D eigenvalue weighted by atomic mass is 10.1. The van der Waals surface area contributed by atoms with Crippen molar-refractivity contribution in [3.8, 4) is 0 Å². The van der Waals surface area contributed by atoms with Crippen LogP contribution in [0.2, 0.25) is 0 Å². The summed E-state index contributed by atoms with van der Waals surface area (Å²) >= 11 is 0. The minimum Gasteiger partial charge on any atom is -0.352 e. The number of amides is 4. The van der Waals surface area contributed by atoms with Crippen molar-refractivity contribution in [3.05, 3.63) is 35.4 Å². The van der Waals surface area contributed by atoms with Crippen molar-refractivity contribution in [1.29, 1.82) is 0 Å². The van der Waals surface area contributed by atoms with Crippen LogP contribution in [0.5, 0.6) is 0 Å². The van der Waals surface area contributed by atoms with Crippen LogP contribution in [0, 0.1) is 0 Å². The van der Waals surface area contributed by atoms with Gasteiger partial charge in [-0.3, -0.25) is 24.1 Å². The van der Waals surface area contributed by atoms with Gasteiger partial charge in [-0.1, -0.05) is 12.1 Å². The number of hydrogen-bond donors (Lipinski definition) is 1. The van der Waals surface area contributed by atoms with Gasteiger partial charge in [0.05, 0.1) is 17.7 Å². The summed E-state index contributed by atoms with van der Waals surface area (Å²) in [7, 11) is 1.46. The predicted octanol–water partition coefficient (Wildman–Crippen LogP) is 0.266. The third kappa shape index (κ3) is 3.56. The Labute approximate surface area is 134 Å². The molecule has 7 heteroatoms. The number of rotatable bonds is 5. The average Bonchev–Trinajstić information content (AvgIpc) is 2.72. The molecule has 0 spiro atoms. The lowest BCUT2D eigenvalue weighted by Crippen LogP contribution is -2.45. The molecule has 0 saturated heterocycles. The number of imide groups is 1. The van der Waals surface area contributed by atoms with Crippen molar-refractivity contribution in [2.75, 3.05) is 20.1 Å². The summed E-state index contributed by atoms with van der Waals surface area (Å²) in [6.45, 7) is 3.13. The zero-order chi connectivity index (χ0) is 17.1. The van der Waals surface area contributed by atoms with Crippen LogP contribution in [0.25, 0.3) is 0 Å². The van der Waals surface area contributed by atoms with E-state index in [0.29, 0.717) is 11.1 Å². The molecule has 0 bridgehead atoms. The van der Waals surface area contributed by atoms with Gasteiger partial charge in [0, 0.05) is 13.1 Å². The van der Waals surface area contributed by atoms with E-state index < -0.39 is 17.7 Å². The molecule has 4 amide bonds. The van der Waals surface area contributed by atoms with Crippen molar-refractivity contribution in [2.24, 2.45) is 0 Å². The Morgan fingerprint density at radius 3 is 2.13 bits per heavy atom. The molecule has 2 rings (SSSR count). The Morgan fingerprint density at radius 1 is 1.13 bits per heavy atom. The van der Waals surface area contributed by atoms with Crippen LogP contribution in [0.3, 0.4) is 0 Å². The zero-order valence-corrected chi connectivity index (χ0v) is 13.3. The van der Waals surface area contributed by atoms with Gasteiger partial charge in [-0.2, -0.15) is 0 Å². The molecule has 1 aromatic carbocycles. The fourth-order valence-corrected chi connectivity index (χ4v) is 2.31. The molecule has 0 saturated carbocycles. The number of benzene rings is 1. The van der Waals surface area contributed by atoms with E-state index >= 15 is 0 Å². The predicted molar refractivity (Wildman–Crippen MR) is 82.7 cm³/mol. The van der Waals surface area contributed by atoms with Gasteiger partial charge in [0.1, 0.15) is 6.54 Å². The van der Waals surface area contributed by atoms with Crippen molar-refractivity contribution in [3.63, 3.8) is 0 Å². The lowest BCUT2D eigenvalue weighted by Gasteiger charge is -2.20. The van der Waals surface area contributed by atoms with E-state index in [2.05, 4.69) is 5.32 Å². The second-order valence-corrected chi connectivity index (χ2v) is 5.71. The van der Waals surface area contributed by atoms with Crippen LogP contribution >= 0.6 is 0 Å². The highest BCUT2D eigenvalue weighted by atomic mass is 16.2. The Bertz CT molecular complexity index is 634. The van der Waals surface area contributed by atoms with E-state index in [4.69, 9.17) is 0 Å². The maximum atomic E-state index is 12.2. The molecule has 0 aliphatic carbocycles. The van der Waals surface area contributed by atoms with Gasteiger partial charge in [-0.15, -0.1) is 0 Å². The van der Waals surface area contributed by atoms with E-state index in [-0.39, 0.29) is 25.0 Å². The van der Waals surface area contributed by atoms with Crippen LogP contribution in [-0.2, 0) is 9.59 Å². The Kier molecular flexibility index (Phi) is 4.78. The van der Waals surface area contributed by atoms with Crippen LogP contribution in [0.15, 0.2) is 24.3 Å². The van der Waals surface area contributed by atoms with E-state index in [1.165, 1.54) is 11.9 Å². The van der Waals surface area contributed by atoms with E-state index in [1.54, 1.807) is 24.3 Å². The monoisotopic (exact) mass is 317 g/mol. The van der Waals surface area contributed by atoms with Crippen molar-refractivity contribution < 1.29 is 19.2 Å². The SMILES string of the molecule is CC(C)NC(=O)CN(C)C(=O)CN1C(=O)c2ccccc2C1=O. The van der Waals surface area contributed by atoms with Gasteiger partial charge < -0.3 is 10.2 Å². The second-order valence-electron chi connectivity index (χ2n) is 5.71. The summed E-state index contributed by atoms with van der Waals surface area (Å²) in [5.74, 6) is -1.74. The smallest absolute Gasteiger partial charge is 0.262 e. The van der Waals surface area contributed by atoms with E-state index in [9.17, 15) is 19.2 Å². The molecular formula is C16H19N3O4. The minimum absolute atomic E-state index is 0.0257. The first-order chi connectivity index (χ1) is 10.8. The van der Waals surface area contributed by atoms with Crippen LogP contribution < -0.4 is 5.32 Å². The molecule has 23 heavy (non-hydrogen) atoms. The summed E-state index contributed by atoms with van der Waals surface area (Å²) in [4.78, 5) is 50.3. The van der Waals surface area contributed by atoms with Crippen molar-refractivity contribution in [1.82, 2.24) is 15.1 Å².